The minimum absolute atomic E-state index is 0.0457. The molecule has 0 unspecified atom stereocenters. The van der Waals surface area contributed by atoms with E-state index in [2.05, 4.69) is 20.8 Å². The van der Waals surface area contributed by atoms with E-state index in [9.17, 15) is 10.2 Å². The molecule has 0 bridgehead atoms. The summed E-state index contributed by atoms with van der Waals surface area (Å²) in [4.78, 5) is 0. The number of fused-ring (bicyclic) bond motifs is 5. The lowest BCUT2D eigenvalue weighted by Crippen LogP contribution is -2.56. The van der Waals surface area contributed by atoms with Gasteiger partial charge < -0.3 is 10.2 Å². The molecule has 0 aromatic heterocycles. The molecule has 8 atom stereocenters. The van der Waals surface area contributed by atoms with Gasteiger partial charge in [0.15, 0.2) is 0 Å². The van der Waals surface area contributed by atoms with Gasteiger partial charge in [0.1, 0.15) is 0 Å². The van der Waals surface area contributed by atoms with Crippen LogP contribution in [0.1, 0.15) is 78.6 Å². The zero-order valence-corrected chi connectivity index (χ0v) is 14.6. The average molecular weight is 306 g/mol. The molecule has 4 aliphatic rings. The van der Waals surface area contributed by atoms with Crippen LogP contribution in [-0.4, -0.2) is 21.9 Å². The molecule has 4 saturated carbocycles. The summed E-state index contributed by atoms with van der Waals surface area (Å²) in [6.45, 7) is 7.01. The first-order valence-electron chi connectivity index (χ1n) is 9.68. The van der Waals surface area contributed by atoms with Crippen molar-refractivity contribution in [3.8, 4) is 0 Å². The summed E-state index contributed by atoms with van der Waals surface area (Å²) in [5.74, 6) is 3.13. The maximum atomic E-state index is 10.9. The Morgan fingerprint density at radius 1 is 0.818 bits per heavy atom. The lowest BCUT2D eigenvalue weighted by molar-refractivity contribution is -0.153. The van der Waals surface area contributed by atoms with E-state index in [1.165, 1.54) is 38.5 Å². The zero-order chi connectivity index (χ0) is 15.8. The van der Waals surface area contributed by atoms with Gasteiger partial charge in [-0.1, -0.05) is 13.8 Å². The maximum Gasteiger partial charge on any atom is 0.0675 e. The lowest BCUT2D eigenvalue weighted by Gasteiger charge is -2.61. The SMILES string of the molecule is C[C@@]12CC[C@@H](O)C[C@@H]1CC[C@H]1[C@H]3CC[C@@](C)(O)[C@]3(C)CC[C@@H]12. The molecule has 0 radical (unpaired) electrons. The van der Waals surface area contributed by atoms with Crippen LogP contribution in [0.5, 0.6) is 0 Å². The summed E-state index contributed by atoms with van der Waals surface area (Å²) in [6.07, 6.45) is 10.6. The van der Waals surface area contributed by atoms with E-state index >= 15 is 0 Å². The molecule has 2 N–H and O–H groups in total. The third-order valence-electron chi connectivity index (χ3n) is 9.20. The first-order valence-corrected chi connectivity index (χ1v) is 9.68. The first kappa shape index (κ1) is 15.4. The highest BCUT2D eigenvalue weighted by Gasteiger charge is 2.63. The molecular formula is C20H34O2. The van der Waals surface area contributed by atoms with E-state index in [4.69, 9.17) is 0 Å². The molecule has 4 fully saturated rings. The Balaban J connectivity index is 1.64. The van der Waals surface area contributed by atoms with Gasteiger partial charge in [-0.05, 0) is 99.2 Å². The first-order chi connectivity index (χ1) is 10.3. The fourth-order valence-electron chi connectivity index (χ4n) is 7.48. The third kappa shape index (κ3) is 1.86. The normalized spacial score (nSPS) is 61.2. The Bertz CT molecular complexity index is 459. The van der Waals surface area contributed by atoms with Crippen molar-refractivity contribution < 1.29 is 10.2 Å². The molecule has 22 heavy (non-hydrogen) atoms. The van der Waals surface area contributed by atoms with Gasteiger partial charge in [-0.15, -0.1) is 0 Å². The summed E-state index contributed by atoms with van der Waals surface area (Å²) in [5, 5.41) is 21.0. The minimum Gasteiger partial charge on any atom is -0.393 e. The molecule has 126 valence electrons. The van der Waals surface area contributed by atoms with E-state index in [1.54, 1.807) is 0 Å². The van der Waals surface area contributed by atoms with Crippen LogP contribution in [0.15, 0.2) is 0 Å². The molecule has 0 amide bonds. The van der Waals surface area contributed by atoms with Crippen molar-refractivity contribution in [1.82, 2.24) is 0 Å². The highest BCUT2D eigenvalue weighted by Crippen LogP contribution is 2.68. The van der Waals surface area contributed by atoms with Crippen molar-refractivity contribution in [3.63, 3.8) is 0 Å². The molecule has 0 aromatic rings. The quantitative estimate of drug-likeness (QED) is 0.706. The van der Waals surface area contributed by atoms with Crippen molar-refractivity contribution in [2.45, 2.75) is 90.3 Å². The molecule has 0 saturated heterocycles. The second-order valence-electron chi connectivity index (χ2n) is 9.85. The molecule has 2 heteroatoms. The predicted octanol–water partition coefficient (Wildman–Crippen LogP) is 4.14. The van der Waals surface area contributed by atoms with Crippen molar-refractivity contribution in [3.05, 3.63) is 0 Å². The van der Waals surface area contributed by atoms with Crippen LogP contribution in [0.4, 0.5) is 0 Å². The summed E-state index contributed by atoms with van der Waals surface area (Å²) in [6, 6.07) is 0. The highest BCUT2D eigenvalue weighted by atomic mass is 16.3. The van der Waals surface area contributed by atoms with Crippen LogP contribution in [0, 0.1) is 34.5 Å². The molecule has 0 aromatic carbocycles. The van der Waals surface area contributed by atoms with Gasteiger partial charge in [0.05, 0.1) is 11.7 Å². The second kappa shape index (κ2) is 4.72. The third-order valence-corrected chi connectivity index (χ3v) is 9.20. The van der Waals surface area contributed by atoms with Crippen molar-refractivity contribution in [2.24, 2.45) is 34.5 Å². The van der Waals surface area contributed by atoms with Crippen LogP contribution in [-0.2, 0) is 0 Å². The molecular weight excluding hydrogens is 272 g/mol. The van der Waals surface area contributed by atoms with E-state index < -0.39 is 5.60 Å². The fraction of sp³-hybridized carbons (Fsp3) is 1.00. The van der Waals surface area contributed by atoms with E-state index in [0.717, 1.165) is 42.9 Å². The van der Waals surface area contributed by atoms with E-state index in [1.807, 2.05) is 0 Å². The Morgan fingerprint density at radius 3 is 2.32 bits per heavy atom. The number of rotatable bonds is 0. The Hall–Kier alpha value is -0.0800. The minimum atomic E-state index is -0.455. The molecule has 0 heterocycles. The van der Waals surface area contributed by atoms with Gasteiger partial charge in [-0.25, -0.2) is 0 Å². The van der Waals surface area contributed by atoms with E-state index in [0.29, 0.717) is 5.41 Å². The van der Waals surface area contributed by atoms with Gasteiger partial charge in [-0.3, -0.25) is 0 Å². The molecule has 0 aliphatic heterocycles. The molecule has 4 aliphatic carbocycles. The largest absolute Gasteiger partial charge is 0.393 e. The van der Waals surface area contributed by atoms with Crippen molar-refractivity contribution in [1.29, 1.82) is 0 Å². The fourth-order valence-corrected chi connectivity index (χ4v) is 7.48. The van der Waals surface area contributed by atoms with Crippen LogP contribution in [0.2, 0.25) is 0 Å². The van der Waals surface area contributed by atoms with Crippen LogP contribution in [0.25, 0.3) is 0 Å². The average Bonchev–Trinajstić information content (AvgIpc) is 2.70. The summed E-state index contributed by atoms with van der Waals surface area (Å²) in [7, 11) is 0. The number of aliphatic hydroxyl groups is 2. The van der Waals surface area contributed by atoms with Crippen LogP contribution in [0.3, 0.4) is 0 Å². The molecule has 2 nitrogen and oxygen atoms in total. The second-order valence-corrected chi connectivity index (χ2v) is 9.85. The van der Waals surface area contributed by atoms with Gasteiger partial charge in [0.2, 0.25) is 0 Å². The number of aliphatic hydroxyl groups excluding tert-OH is 1. The zero-order valence-electron chi connectivity index (χ0n) is 14.6. The number of hydrogen-bond acceptors (Lipinski definition) is 2. The maximum absolute atomic E-state index is 10.9. The topological polar surface area (TPSA) is 40.5 Å². The Kier molecular flexibility index (Phi) is 3.32. The Morgan fingerprint density at radius 2 is 1.55 bits per heavy atom. The standard InChI is InChI=1S/C20H34O2/c1-18-9-6-14(21)12-13(18)4-5-15-16(18)7-10-19(2)17(15)8-11-20(19,3)22/h13-17,21-22H,4-12H2,1-3H3/t13-,14+,15+,16-,17+,18+,19+,20+/m0/s1. The summed E-state index contributed by atoms with van der Waals surface area (Å²) < 4.78 is 0. The monoisotopic (exact) mass is 306 g/mol. The summed E-state index contributed by atoms with van der Waals surface area (Å²) >= 11 is 0. The molecule has 4 rings (SSSR count). The lowest BCUT2D eigenvalue weighted by atomic mass is 9.44. The van der Waals surface area contributed by atoms with Gasteiger partial charge in [0, 0.05) is 0 Å². The van der Waals surface area contributed by atoms with Crippen molar-refractivity contribution >= 4 is 0 Å². The van der Waals surface area contributed by atoms with Crippen LogP contribution >= 0.6 is 0 Å². The summed E-state index contributed by atoms with van der Waals surface area (Å²) in [5.41, 5.74) is 0.145. The van der Waals surface area contributed by atoms with Gasteiger partial charge in [-0.2, -0.15) is 0 Å². The Labute approximate surface area is 135 Å². The smallest absolute Gasteiger partial charge is 0.0675 e. The highest BCUT2D eigenvalue weighted by molar-refractivity contribution is 5.12. The van der Waals surface area contributed by atoms with Crippen molar-refractivity contribution in [2.75, 3.05) is 0 Å². The predicted molar refractivity (Wildman–Crippen MR) is 88.4 cm³/mol. The van der Waals surface area contributed by atoms with Crippen LogP contribution < -0.4 is 0 Å². The molecule has 0 spiro atoms. The van der Waals surface area contributed by atoms with Gasteiger partial charge >= 0.3 is 0 Å². The number of hydrogen-bond donors (Lipinski definition) is 2. The van der Waals surface area contributed by atoms with E-state index in [-0.39, 0.29) is 11.5 Å². The van der Waals surface area contributed by atoms with Gasteiger partial charge in [0.25, 0.3) is 0 Å².